The predicted molar refractivity (Wildman–Crippen MR) is 85.5 cm³/mol. The molecule has 21 heavy (non-hydrogen) atoms. The van der Waals surface area contributed by atoms with Gasteiger partial charge >= 0.3 is 5.97 Å². The van der Waals surface area contributed by atoms with Gasteiger partial charge in [-0.05, 0) is 42.8 Å². The topological polar surface area (TPSA) is 53.1 Å². The van der Waals surface area contributed by atoms with E-state index in [-0.39, 0.29) is 5.56 Å². The first-order chi connectivity index (χ1) is 9.95. The van der Waals surface area contributed by atoms with Crippen LogP contribution >= 0.6 is 23.2 Å². The number of aryl methyl sites for hydroxylation is 1. The van der Waals surface area contributed by atoms with Crippen LogP contribution in [0.1, 0.15) is 15.9 Å². The van der Waals surface area contributed by atoms with E-state index >= 15 is 0 Å². The number of hydrogen-bond donors (Lipinski definition) is 2. The molecule has 3 aromatic rings. The van der Waals surface area contributed by atoms with Crippen molar-refractivity contribution >= 4 is 40.1 Å². The molecule has 0 bridgehead atoms. The number of hydrogen-bond acceptors (Lipinski definition) is 1. The van der Waals surface area contributed by atoms with E-state index in [4.69, 9.17) is 28.3 Å². The predicted octanol–water partition coefficient (Wildman–Crippen LogP) is 5.15. The minimum Gasteiger partial charge on any atom is -0.478 e. The Morgan fingerprint density at radius 3 is 2.48 bits per heavy atom. The summed E-state index contributed by atoms with van der Waals surface area (Å²) in [5.74, 6) is -0.931. The van der Waals surface area contributed by atoms with Gasteiger partial charge in [-0.15, -0.1) is 0 Å². The summed E-state index contributed by atoms with van der Waals surface area (Å²) in [4.78, 5) is 14.3. The minimum absolute atomic E-state index is 0.276. The first-order valence-electron chi connectivity index (χ1n) is 6.28. The van der Waals surface area contributed by atoms with Crippen molar-refractivity contribution in [3.05, 3.63) is 57.6 Å². The van der Waals surface area contributed by atoms with Crippen molar-refractivity contribution in [3.8, 4) is 11.3 Å². The fraction of sp³-hybridized carbons (Fsp3) is 0.0625. The smallest absolute Gasteiger partial charge is 0.335 e. The van der Waals surface area contributed by atoms with Gasteiger partial charge in [-0.1, -0.05) is 29.3 Å². The van der Waals surface area contributed by atoms with E-state index in [1.54, 1.807) is 30.3 Å². The van der Waals surface area contributed by atoms with Gasteiger partial charge in [0.1, 0.15) is 0 Å². The number of halogens is 2. The van der Waals surface area contributed by atoms with Gasteiger partial charge in [0, 0.05) is 22.2 Å². The number of carboxylic acid groups (broad SMARTS) is 1. The van der Waals surface area contributed by atoms with E-state index in [0.29, 0.717) is 10.0 Å². The lowest BCUT2D eigenvalue weighted by molar-refractivity contribution is 0.0697. The van der Waals surface area contributed by atoms with E-state index < -0.39 is 5.97 Å². The van der Waals surface area contributed by atoms with E-state index in [9.17, 15) is 4.79 Å². The van der Waals surface area contributed by atoms with Crippen molar-refractivity contribution in [3.63, 3.8) is 0 Å². The fourth-order valence-corrected chi connectivity index (χ4v) is 2.71. The summed E-state index contributed by atoms with van der Waals surface area (Å²) in [6.07, 6.45) is 0. The normalized spacial score (nSPS) is 11.0. The molecule has 1 heterocycles. The molecule has 0 saturated heterocycles. The summed E-state index contributed by atoms with van der Waals surface area (Å²) < 4.78 is 0. The number of carbonyl (C=O) groups is 1. The molecule has 2 N–H and O–H groups in total. The van der Waals surface area contributed by atoms with Gasteiger partial charge in [0.15, 0.2) is 0 Å². The van der Waals surface area contributed by atoms with Crippen molar-refractivity contribution in [2.24, 2.45) is 0 Å². The number of H-pyrrole nitrogens is 1. The van der Waals surface area contributed by atoms with E-state index in [1.807, 2.05) is 13.0 Å². The summed E-state index contributed by atoms with van der Waals surface area (Å²) in [5, 5.41) is 11.0. The van der Waals surface area contributed by atoms with Gasteiger partial charge in [-0.3, -0.25) is 0 Å². The molecule has 0 spiro atoms. The third-order valence-corrected chi connectivity index (χ3v) is 4.15. The largest absolute Gasteiger partial charge is 0.478 e. The molecule has 3 nitrogen and oxygen atoms in total. The van der Waals surface area contributed by atoms with E-state index in [2.05, 4.69) is 4.98 Å². The maximum Gasteiger partial charge on any atom is 0.335 e. The lowest BCUT2D eigenvalue weighted by Gasteiger charge is -2.04. The van der Waals surface area contributed by atoms with Crippen LogP contribution in [-0.2, 0) is 0 Å². The Bertz CT molecular complexity index is 829. The van der Waals surface area contributed by atoms with Crippen molar-refractivity contribution in [2.75, 3.05) is 0 Å². The second-order valence-corrected chi connectivity index (χ2v) is 5.69. The van der Waals surface area contributed by atoms with Crippen LogP contribution < -0.4 is 0 Å². The second-order valence-electron chi connectivity index (χ2n) is 4.87. The molecule has 0 aliphatic rings. The molecule has 5 heteroatoms. The zero-order valence-electron chi connectivity index (χ0n) is 11.1. The van der Waals surface area contributed by atoms with Crippen LogP contribution in [0.15, 0.2) is 36.4 Å². The summed E-state index contributed by atoms with van der Waals surface area (Å²) in [5.41, 5.74) is 3.90. The van der Waals surface area contributed by atoms with Crippen LogP contribution in [-0.4, -0.2) is 16.1 Å². The fourth-order valence-electron chi connectivity index (χ4n) is 2.37. The highest BCUT2D eigenvalue weighted by Gasteiger charge is 2.10. The van der Waals surface area contributed by atoms with Gasteiger partial charge in [0.05, 0.1) is 15.6 Å². The van der Waals surface area contributed by atoms with Crippen molar-refractivity contribution in [1.82, 2.24) is 4.98 Å². The molecule has 0 aliphatic carbocycles. The van der Waals surface area contributed by atoms with Crippen LogP contribution in [0.4, 0.5) is 0 Å². The number of carboxylic acids is 1. The molecular weight excluding hydrogens is 309 g/mol. The summed E-state index contributed by atoms with van der Waals surface area (Å²) >= 11 is 12.0. The molecule has 2 aromatic carbocycles. The van der Waals surface area contributed by atoms with Crippen LogP contribution in [0.5, 0.6) is 0 Å². The number of nitrogens with one attached hydrogen (secondary N) is 1. The number of fused-ring (bicyclic) bond motifs is 1. The Morgan fingerprint density at radius 2 is 1.81 bits per heavy atom. The molecule has 3 rings (SSSR count). The summed E-state index contributed by atoms with van der Waals surface area (Å²) in [7, 11) is 0. The van der Waals surface area contributed by atoms with Gasteiger partial charge in [0.25, 0.3) is 0 Å². The third-order valence-electron chi connectivity index (χ3n) is 3.43. The van der Waals surface area contributed by atoms with E-state index in [1.165, 1.54) is 0 Å². The lowest BCUT2D eigenvalue weighted by atomic mass is 10.0. The number of benzene rings is 2. The number of aromatic nitrogens is 1. The van der Waals surface area contributed by atoms with Gasteiger partial charge in [-0.25, -0.2) is 4.79 Å². The summed E-state index contributed by atoms with van der Waals surface area (Å²) in [6.45, 7) is 1.88. The standard InChI is InChI=1S/C16H11Cl2NO2/c1-8-4-9(16(20)21)2-3-11(8)15-6-10-5-12(17)13(18)7-14(10)19-15/h2-7,19H,1H3,(H,20,21). The Balaban J connectivity index is 2.14. The first kappa shape index (κ1) is 14.0. The highest BCUT2D eigenvalue weighted by molar-refractivity contribution is 6.42. The van der Waals surface area contributed by atoms with Gasteiger partial charge in [-0.2, -0.15) is 0 Å². The Hall–Kier alpha value is -1.97. The van der Waals surface area contributed by atoms with Gasteiger partial charge in [0.2, 0.25) is 0 Å². The average molecular weight is 320 g/mol. The second kappa shape index (κ2) is 5.10. The molecule has 0 fully saturated rings. The molecular formula is C16H11Cl2NO2. The maximum absolute atomic E-state index is 11.0. The molecule has 0 saturated carbocycles. The molecule has 106 valence electrons. The van der Waals surface area contributed by atoms with Crippen LogP contribution in [0, 0.1) is 6.92 Å². The zero-order chi connectivity index (χ0) is 15.1. The molecule has 0 radical (unpaired) electrons. The van der Waals surface area contributed by atoms with E-state index in [0.717, 1.165) is 27.7 Å². The first-order valence-corrected chi connectivity index (χ1v) is 7.03. The minimum atomic E-state index is -0.931. The zero-order valence-corrected chi connectivity index (χ0v) is 12.6. The Labute approximate surface area is 131 Å². The number of aromatic carboxylic acids is 1. The van der Waals surface area contributed by atoms with Crippen LogP contribution in [0.3, 0.4) is 0 Å². The molecule has 0 atom stereocenters. The number of aromatic amines is 1. The highest BCUT2D eigenvalue weighted by atomic mass is 35.5. The monoisotopic (exact) mass is 319 g/mol. The summed E-state index contributed by atoms with van der Waals surface area (Å²) in [6, 6.07) is 10.6. The number of rotatable bonds is 2. The van der Waals surface area contributed by atoms with Gasteiger partial charge < -0.3 is 10.1 Å². The van der Waals surface area contributed by atoms with Crippen molar-refractivity contribution in [2.45, 2.75) is 6.92 Å². The highest BCUT2D eigenvalue weighted by Crippen LogP contribution is 2.32. The average Bonchev–Trinajstić information content (AvgIpc) is 2.81. The molecule has 0 amide bonds. The quantitative estimate of drug-likeness (QED) is 0.686. The lowest BCUT2D eigenvalue weighted by Crippen LogP contribution is -1.97. The van der Waals surface area contributed by atoms with Crippen molar-refractivity contribution in [1.29, 1.82) is 0 Å². The Morgan fingerprint density at radius 1 is 1.10 bits per heavy atom. The Kier molecular flexibility index (Phi) is 3.40. The third kappa shape index (κ3) is 2.50. The van der Waals surface area contributed by atoms with Crippen LogP contribution in [0.2, 0.25) is 10.0 Å². The molecule has 0 aliphatic heterocycles. The maximum atomic E-state index is 11.0. The molecule has 0 unspecified atom stereocenters. The van der Waals surface area contributed by atoms with Crippen LogP contribution in [0.25, 0.3) is 22.2 Å². The molecule has 1 aromatic heterocycles. The van der Waals surface area contributed by atoms with Crippen molar-refractivity contribution < 1.29 is 9.90 Å². The SMILES string of the molecule is Cc1cc(C(=O)O)ccc1-c1cc2cc(Cl)c(Cl)cc2[nH]1.